The zero-order valence-electron chi connectivity index (χ0n) is 8.37. The molecule has 0 aromatic carbocycles. The Morgan fingerprint density at radius 2 is 2.44 bits per heavy atom. The lowest BCUT2D eigenvalue weighted by Gasteiger charge is -1.99. The van der Waals surface area contributed by atoms with Gasteiger partial charge in [0.25, 0.3) is 0 Å². The summed E-state index contributed by atoms with van der Waals surface area (Å²) < 4.78 is 0. The fourth-order valence-corrected chi connectivity index (χ4v) is 2.64. The van der Waals surface area contributed by atoms with E-state index in [-0.39, 0.29) is 5.91 Å². The van der Waals surface area contributed by atoms with E-state index in [1.807, 2.05) is 18.2 Å². The SMILES string of the molecule is NN=NNC(=O)CCSSc1ccccn1. The molecule has 1 rings (SSSR count). The number of aromatic nitrogens is 1. The van der Waals surface area contributed by atoms with Crippen molar-refractivity contribution in [1.82, 2.24) is 10.4 Å². The molecule has 0 spiro atoms. The normalized spacial score (nSPS) is 10.5. The van der Waals surface area contributed by atoms with Crippen LogP contribution in [0.5, 0.6) is 0 Å². The smallest absolute Gasteiger partial charge is 0.242 e. The van der Waals surface area contributed by atoms with Crippen LogP contribution in [0.2, 0.25) is 0 Å². The van der Waals surface area contributed by atoms with Crippen LogP contribution in [0.4, 0.5) is 0 Å². The monoisotopic (exact) mass is 257 g/mol. The number of carbonyl (C=O) groups is 1. The van der Waals surface area contributed by atoms with E-state index in [2.05, 4.69) is 20.9 Å². The van der Waals surface area contributed by atoms with E-state index in [0.29, 0.717) is 12.2 Å². The first-order valence-electron chi connectivity index (χ1n) is 4.42. The van der Waals surface area contributed by atoms with Gasteiger partial charge in [0.05, 0.1) is 0 Å². The summed E-state index contributed by atoms with van der Waals surface area (Å²) in [4.78, 5) is 15.2. The van der Waals surface area contributed by atoms with Crippen LogP contribution in [0.3, 0.4) is 0 Å². The van der Waals surface area contributed by atoms with Crippen LogP contribution in [0.25, 0.3) is 0 Å². The van der Waals surface area contributed by atoms with Crippen LogP contribution < -0.4 is 11.3 Å². The van der Waals surface area contributed by atoms with E-state index < -0.39 is 0 Å². The number of nitrogens with two attached hydrogens (primary N) is 1. The molecule has 3 N–H and O–H groups in total. The molecule has 0 radical (unpaired) electrons. The molecule has 0 aliphatic carbocycles. The number of carbonyl (C=O) groups excluding carboxylic acids is 1. The first kappa shape index (κ1) is 12.8. The molecular weight excluding hydrogens is 246 g/mol. The molecular formula is C8H11N5OS2. The molecule has 0 atom stereocenters. The number of hydrogen-bond donors (Lipinski definition) is 2. The maximum Gasteiger partial charge on any atom is 0.242 e. The maximum atomic E-state index is 11.1. The molecule has 0 fully saturated rings. The number of nitrogens with zero attached hydrogens (tertiary/aromatic N) is 3. The molecule has 1 amide bonds. The Morgan fingerprint density at radius 1 is 1.56 bits per heavy atom. The summed E-state index contributed by atoms with van der Waals surface area (Å²) in [7, 11) is 3.09. The van der Waals surface area contributed by atoms with Crippen molar-refractivity contribution >= 4 is 27.5 Å². The van der Waals surface area contributed by atoms with Crippen LogP contribution in [0, 0.1) is 0 Å². The predicted octanol–water partition coefficient (Wildman–Crippen LogP) is 1.57. The lowest BCUT2D eigenvalue weighted by Crippen LogP contribution is -2.17. The van der Waals surface area contributed by atoms with Crippen molar-refractivity contribution in [1.29, 1.82) is 0 Å². The maximum absolute atomic E-state index is 11.1. The fourth-order valence-electron chi connectivity index (χ4n) is 0.773. The minimum Gasteiger partial charge on any atom is -0.303 e. The molecule has 86 valence electrons. The molecule has 0 bridgehead atoms. The molecule has 1 aromatic rings. The van der Waals surface area contributed by atoms with E-state index >= 15 is 0 Å². The van der Waals surface area contributed by atoms with Gasteiger partial charge in [-0.1, -0.05) is 22.1 Å². The second-order valence-corrected chi connectivity index (χ2v) is 5.01. The first-order valence-corrected chi connectivity index (χ1v) is 6.74. The summed E-state index contributed by atoms with van der Waals surface area (Å²) in [6.07, 6.45) is 2.10. The van der Waals surface area contributed by atoms with Gasteiger partial charge in [-0.3, -0.25) is 4.79 Å². The minimum atomic E-state index is -0.205. The van der Waals surface area contributed by atoms with Gasteiger partial charge in [-0.15, -0.1) is 0 Å². The van der Waals surface area contributed by atoms with Crippen LogP contribution in [-0.2, 0) is 4.79 Å². The van der Waals surface area contributed by atoms with Gasteiger partial charge in [0, 0.05) is 18.4 Å². The van der Waals surface area contributed by atoms with Gasteiger partial charge in [-0.25, -0.2) is 10.4 Å². The largest absolute Gasteiger partial charge is 0.303 e. The molecule has 16 heavy (non-hydrogen) atoms. The van der Waals surface area contributed by atoms with Crippen LogP contribution in [0.15, 0.2) is 39.9 Å². The molecule has 0 aliphatic rings. The summed E-state index contributed by atoms with van der Waals surface area (Å²) in [5.74, 6) is 5.20. The third-order valence-corrected chi connectivity index (χ3v) is 3.69. The number of rotatable bonds is 6. The van der Waals surface area contributed by atoms with Crippen molar-refractivity contribution in [2.45, 2.75) is 11.4 Å². The second-order valence-electron chi connectivity index (χ2n) is 2.57. The number of nitrogens with one attached hydrogen (secondary N) is 1. The van der Waals surface area contributed by atoms with Gasteiger partial charge in [-0.2, -0.15) is 0 Å². The highest BCUT2D eigenvalue weighted by Gasteiger charge is 2.01. The van der Waals surface area contributed by atoms with E-state index in [9.17, 15) is 4.79 Å². The van der Waals surface area contributed by atoms with E-state index in [4.69, 9.17) is 5.84 Å². The summed E-state index contributed by atoms with van der Waals surface area (Å²) in [5.41, 5.74) is 2.19. The predicted molar refractivity (Wildman–Crippen MR) is 64.4 cm³/mol. The van der Waals surface area contributed by atoms with Crippen molar-refractivity contribution in [3.63, 3.8) is 0 Å². The molecule has 8 heteroatoms. The molecule has 1 heterocycles. The highest BCUT2D eigenvalue weighted by Crippen LogP contribution is 2.29. The van der Waals surface area contributed by atoms with Crippen molar-refractivity contribution in [3.8, 4) is 0 Å². The average molecular weight is 257 g/mol. The van der Waals surface area contributed by atoms with Gasteiger partial charge in [0.1, 0.15) is 5.03 Å². The van der Waals surface area contributed by atoms with Crippen molar-refractivity contribution in [2.24, 2.45) is 16.3 Å². The quantitative estimate of drug-likeness (QED) is 0.265. The Hall–Kier alpha value is -1.28. The van der Waals surface area contributed by atoms with Crippen molar-refractivity contribution < 1.29 is 4.79 Å². The van der Waals surface area contributed by atoms with Gasteiger partial charge in [0.2, 0.25) is 5.91 Å². The van der Waals surface area contributed by atoms with Crippen LogP contribution in [0.1, 0.15) is 6.42 Å². The van der Waals surface area contributed by atoms with E-state index in [0.717, 1.165) is 5.03 Å². The van der Waals surface area contributed by atoms with E-state index in [1.54, 1.807) is 17.0 Å². The highest BCUT2D eigenvalue weighted by atomic mass is 33.1. The molecule has 0 aliphatic heterocycles. The summed E-state index contributed by atoms with van der Waals surface area (Å²) in [5, 5.41) is 7.03. The zero-order chi connectivity index (χ0) is 11.6. The Kier molecular flexibility index (Phi) is 6.35. The van der Waals surface area contributed by atoms with Crippen molar-refractivity contribution in [3.05, 3.63) is 24.4 Å². The third kappa shape index (κ3) is 5.56. The molecule has 1 aromatic heterocycles. The third-order valence-electron chi connectivity index (χ3n) is 1.43. The Morgan fingerprint density at radius 3 is 3.12 bits per heavy atom. The lowest BCUT2D eigenvalue weighted by atomic mass is 10.5. The summed E-state index contributed by atoms with van der Waals surface area (Å²) in [6, 6.07) is 5.70. The lowest BCUT2D eigenvalue weighted by molar-refractivity contribution is -0.120. The Balaban J connectivity index is 2.10. The number of pyridine rings is 1. The van der Waals surface area contributed by atoms with Gasteiger partial charge in [0.15, 0.2) is 0 Å². The molecule has 0 saturated carbocycles. The van der Waals surface area contributed by atoms with Crippen molar-refractivity contribution in [2.75, 3.05) is 5.75 Å². The minimum absolute atomic E-state index is 0.205. The molecule has 0 saturated heterocycles. The van der Waals surface area contributed by atoms with Crippen LogP contribution in [-0.4, -0.2) is 16.6 Å². The molecule has 6 nitrogen and oxygen atoms in total. The van der Waals surface area contributed by atoms with Crippen LogP contribution >= 0.6 is 21.6 Å². The average Bonchev–Trinajstić information content (AvgIpc) is 2.33. The zero-order valence-corrected chi connectivity index (χ0v) is 10.0. The van der Waals surface area contributed by atoms with Gasteiger partial charge >= 0.3 is 0 Å². The first-order chi connectivity index (χ1) is 7.83. The van der Waals surface area contributed by atoms with Gasteiger partial charge < -0.3 is 5.84 Å². The standard InChI is InChI=1S/C8H11N5OS2/c9-12-13-11-7(14)4-6-15-16-8-3-1-2-5-10-8/h1-3,5H,4,6H2,(H2,9,13)(H,11,12,14). The van der Waals surface area contributed by atoms with Gasteiger partial charge in [-0.05, 0) is 28.1 Å². The second kappa shape index (κ2) is 7.94. The highest BCUT2D eigenvalue weighted by molar-refractivity contribution is 8.76. The Bertz CT molecular complexity index is 346. The Labute approximate surface area is 101 Å². The molecule has 0 unspecified atom stereocenters. The summed E-state index contributed by atoms with van der Waals surface area (Å²) in [6.45, 7) is 0. The van der Waals surface area contributed by atoms with E-state index in [1.165, 1.54) is 10.8 Å². The fraction of sp³-hybridized carbons (Fsp3) is 0.250. The summed E-state index contributed by atoms with van der Waals surface area (Å²) >= 11 is 0. The number of amides is 1. The topological polar surface area (TPSA) is 92.7 Å². The number of hydrogen-bond acceptors (Lipinski definition) is 6.